The minimum absolute atomic E-state index is 0.0987. The Bertz CT molecular complexity index is 2960. The first kappa shape index (κ1) is 18.0. The van der Waals surface area contributed by atoms with Crippen molar-refractivity contribution in [2.75, 3.05) is 0 Å². The van der Waals surface area contributed by atoms with Crippen LogP contribution >= 0.6 is 0 Å². The first-order chi connectivity index (χ1) is 26.1. The minimum atomic E-state index is -0.454. The van der Waals surface area contributed by atoms with Gasteiger partial charge in [-0.25, -0.2) is 0 Å². The molecule has 1 nitrogen and oxygen atoms in total. The summed E-state index contributed by atoms with van der Waals surface area (Å²) in [5.74, 6) is 0. The van der Waals surface area contributed by atoms with Gasteiger partial charge >= 0.3 is 0 Å². The Kier molecular flexibility index (Phi) is 4.15. The average Bonchev–Trinajstić information content (AvgIpc) is 3.58. The molecular formula is C44H28O. The summed E-state index contributed by atoms with van der Waals surface area (Å²) in [6.45, 7) is 0. The SMILES string of the molecule is [2H]c1c([2H])c([2H])c(-c2cccc3oc4ccc(-c5c6ccccc6c(-c6c([2H])c([2H])c([2H])c([2H])c6-c6ccccc6)c6ccccc56)cc4c23)c([2H])c1[2H]. The summed E-state index contributed by atoms with van der Waals surface area (Å²) in [5, 5.41) is 4.71. The van der Waals surface area contributed by atoms with E-state index < -0.39 is 18.1 Å². The molecule has 0 radical (unpaired) electrons. The first-order valence-electron chi connectivity index (χ1n) is 19.2. The van der Waals surface area contributed by atoms with E-state index in [-0.39, 0.29) is 41.8 Å². The van der Waals surface area contributed by atoms with Crippen LogP contribution in [0, 0.1) is 0 Å². The van der Waals surface area contributed by atoms with Crippen LogP contribution in [0.4, 0.5) is 0 Å². The van der Waals surface area contributed by atoms with Gasteiger partial charge in [0.1, 0.15) is 11.2 Å². The second-order valence-electron chi connectivity index (χ2n) is 10.9. The minimum Gasteiger partial charge on any atom is -0.456 e. The fourth-order valence-electron chi connectivity index (χ4n) is 6.61. The predicted octanol–water partition coefficient (Wildman–Crippen LogP) is 12.6. The quantitative estimate of drug-likeness (QED) is 0.188. The summed E-state index contributed by atoms with van der Waals surface area (Å²) in [7, 11) is 0. The Morgan fingerprint density at radius 2 is 1.00 bits per heavy atom. The molecule has 0 bridgehead atoms. The van der Waals surface area contributed by atoms with Gasteiger partial charge in [0.15, 0.2) is 0 Å². The molecule has 1 aromatic heterocycles. The molecule has 8 aromatic carbocycles. The monoisotopic (exact) mass is 581 g/mol. The zero-order chi connectivity index (χ0) is 37.6. The molecule has 0 aliphatic rings. The van der Waals surface area contributed by atoms with Crippen molar-refractivity contribution in [2.24, 2.45) is 0 Å². The van der Waals surface area contributed by atoms with Crippen molar-refractivity contribution < 1.29 is 16.8 Å². The zero-order valence-corrected chi connectivity index (χ0v) is 23.9. The lowest BCUT2D eigenvalue weighted by molar-refractivity contribution is 0.669. The average molecular weight is 582 g/mol. The van der Waals surface area contributed by atoms with E-state index in [0.717, 1.165) is 32.7 Å². The van der Waals surface area contributed by atoms with Crippen LogP contribution in [0.25, 0.3) is 88.0 Å². The van der Waals surface area contributed by atoms with E-state index in [2.05, 4.69) is 0 Å². The Hall–Kier alpha value is -5.92. The third-order valence-electron chi connectivity index (χ3n) is 8.48. The Morgan fingerprint density at radius 3 is 1.71 bits per heavy atom. The van der Waals surface area contributed by atoms with Gasteiger partial charge in [0.2, 0.25) is 0 Å². The third kappa shape index (κ3) is 4.09. The van der Waals surface area contributed by atoms with Crippen molar-refractivity contribution >= 4 is 43.5 Å². The number of furan rings is 1. The molecule has 0 atom stereocenters. The maximum Gasteiger partial charge on any atom is 0.136 e. The number of benzene rings is 8. The zero-order valence-electron chi connectivity index (χ0n) is 32.9. The molecule has 1 heterocycles. The summed E-state index contributed by atoms with van der Waals surface area (Å²) in [6, 6.07) is 33.6. The largest absolute Gasteiger partial charge is 0.456 e. The molecular weight excluding hydrogens is 544 g/mol. The molecule has 0 amide bonds. The van der Waals surface area contributed by atoms with Gasteiger partial charge in [-0.3, -0.25) is 0 Å². The lowest BCUT2D eigenvalue weighted by Gasteiger charge is -2.19. The molecule has 45 heavy (non-hydrogen) atoms. The Balaban J connectivity index is 1.38. The van der Waals surface area contributed by atoms with Crippen molar-refractivity contribution in [3.63, 3.8) is 0 Å². The van der Waals surface area contributed by atoms with Gasteiger partial charge in [-0.05, 0) is 84.3 Å². The lowest BCUT2D eigenvalue weighted by atomic mass is 9.83. The molecule has 0 spiro atoms. The van der Waals surface area contributed by atoms with Gasteiger partial charge in [-0.1, -0.05) is 151 Å². The molecule has 9 aromatic rings. The fraction of sp³-hybridized carbons (Fsp3) is 0. The van der Waals surface area contributed by atoms with Gasteiger partial charge in [0.05, 0.1) is 12.3 Å². The topological polar surface area (TPSA) is 13.1 Å². The Labute approximate surface area is 274 Å². The van der Waals surface area contributed by atoms with Crippen LogP contribution < -0.4 is 0 Å². The van der Waals surface area contributed by atoms with E-state index in [4.69, 9.17) is 15.4 Å². The van der Waals surface area contributed by atoms with Crippen LogP contribution in [0.3, 0.4) is 0 Å². The molecule has 210 valence electrons. The molecule has 0 aliphatic carbocycles. The van der Waals surface area contributed by atoms with Crippen molar-refractivity contribution in [1.29, 1.82) is 0 Å². The second kappa shape index (κ2) is 10.4. The number of fused-ring (bicyclic) bond motifs is 5. The van der Waals surface area contributed by atoms with E-state index in [9.17, 15) is 1.37 Å². The van der Waals surface area contributed by atoms with E-state index in [1.54, 1.807) is 18.2 Å². The van der Waals surface area contributed by atoms with Gasteiger partial charge in [0.25, 0.3) is 0 Å². The number of hydrogen-bond acceptors (Lipinski definition) is 1. The molecule has 9 rings (SSSR count). The van der Waals surface area contributed by atoms with Crippen LogP contribution in [0.2, 0.25) is 0 Å². The van der Waals surface area contributed by atoms with Crippen molar-refractivity contribution in [3.8, 4) is 44.5 Å². The van der Waals surface area contributed by atoms with Crippen LogP contribution in [0.1, 0.15) is 12.3 Å². The highest BCUT2D eigenvalue weighted by molar-refractivity contribution is 6.23. The number of rotatable bonds is 4. The summed E-state index contributed by atoms with van der Waals surface area (Å²) in [6.07, 6.45) is 0. The summed E-state index contributed by atoms with van der Waals surface area (Å²) < 4.78 is 84.2. The smallest absolute Gasteiger partial charge is 0.136 e. The Morgan fingerprint density at radius 1 is 0.378 bits per heavy atom. The van der Waals surface area contributed by atoms with E-state index >= 15 is 0 Å². The van der Waals surface area contributed by atoms with E-state index in [0.29, 0.717) is 49.8 Å². The molecule has 0 aliphatic heterocycles. The van der Waals surface area contributed by atoms with Crippen molar-refractivity contribution in [2.45, 2.75) is 0 Å². The van der Waals surface area contributed by atoms with Gasteiger partial charge in [-0.2, -0.15) is 0 Å². The van der Waals surface area contributed by atoms with Crippen LogP contribution in [-0.4, -0.2) is 0 Å². The predicted molar refractivity (Wildman–Crippen MR) is 190 cm³/mol. The molecule has 0 saturated heterocycles. The van der Waals surface area contributed by atoms with E-state index in [1.165, 1.54) is 0 Å². The standard InChI is InChI=1S/C44H28O/c1-3-14-29(15-4-1)32-18-7-8-19-34(32)43-37-22-11-9-20-35(37)42(36-21-10-12-23-38(36)43)31-26-27-40-39(28-31)44-33(24-13-25-41(44)45-40)30-16-5-2-6-17-30/h1-28H/i2D,5D,6D,7D,8D,16D,17D,18D,19D. The molecule has 1 heteroatoms. The molecule has 0 fully saturated rings. The molecule has 0 N–H and O–H groups in total. The van der Waals surface area contributed by atoms with Crippen LogP contribution in [-0.2, 0) is 0 Å². The maximum atomic E-state index is 9.28. The van der Waals surface area contributed by atoms with E-state index in [1.807, 2.05) is 97.1 Å². The summed E-state index contributed by atoms with van der Waals surface area (Å²) in [4.78, 5) is 0. The lowest BCUT2D eigenvalue weighted by Crippen LogP contribution is -1.92. The second-order valence-corrected chi connectivity index (χ2v) is 10.9. The molecule has 0 saturated carbocycles. The van der Waals surface area contributed by atoms with Crippen molar-refractivity contribution in [1.82, 2.24) is 0 Å². The first-order valence-corrected chi connectivity index (χ1v) is 14.7. The third-order valence-corrected chi connectivity index (χ3v) is 8.48. The maximum absolute atomic E-state index is 9.28. The highest BCUT2D eigenvalue weighted by atomic mass is 16.3. The van der Waals surface area contributed by atoms with Gasteiger partial charge < -0.3 is 4.42 Å². The molecule has 0 unspecified atom stereocenters. The summed E-state index contributed by atoms with van der Waals surface area (Å²) in [5.41, 5.74) is 5.65. The summed E-state index contributed by atoms with van der Waals surface area (Å²) >= 11 is 0. The van der Waals surface area contributed by atoms with Crippen LogP contribution in [0.5, 0.6) is 0 Å². The highest BCUT2D eigenvalue weighted by Gasteiger charge is 2.20. The number of hydrogen-bond donors (Lipinski definition) is 0. The highest BCUT2D eigenvalue weighted by Crippen LogP contribution is 2.47. The van der Waals surface area contributed by atoms with Crippen LogP contribution in [0.15, 0.2) is 174 Å². The van der Waals surface area contributed by atoms with Gasteiger partial charge in [-0.15, -0.1) is 0 Å². The van der Waals surface area contributed by atoms with Crippen molar-refractivity contribution in [3.05, 3.63) is 170 Å². The normalized spacial score (nSPS) is 14.4. The fourth-order valence-corrected chi connectivity index (χ4v) is 6.61. The van der Waals surface area contributed by atoms with Gasteiger partial charge in [0, 0.05) is 10.8 Å².